The molecule has 1 rings (SSSR count). The topological polar surface area (TPSA) is 22.1 Å². The highest BCUT2D eigenvalue weighted by Crippen LogP contribution is 2.05. The van der Waals surface area contributed by atoms with Crippen LogP contribution in [0.2, 0.25) is 0 Å². The Morgan fingerprint density at radius 1 is 1.67 bits per heavy atom. The van der Waals surface area contributed by atoms with E-state index in [2.05, 4.69) is 11.6 Å². The van der Waals surface area contributed by atoms with E-state index in [0.717, 1.165) is 0 Å². The van der Waals surface area contributed by atoms with Crippen molar-refractivity contribution < 1.29 is 13.5 Å². The SMILES string of the molecule is C=c1cc(OCC(F)F)cnc1=C(C)Cl. The third kappa shape index (κ3) is 3.47. The molecule has 0 saturated heterocycles. The average molecular weight is 234 g/mol. The second kappa shape index (κ2) is 5.07. The van der Waals surface area contributed by atoms with Crippen molar-refractivity contribution in [3.8, 4) is 5.75 Å². The number of rotatable bonds is 3. The van der Waals surface area contributed by atoms with Gasteiger partial charge in [-0.05, 0) is 18.2 Å². The number of hydrogen-bond donors (Lipinski definition) is 0. The van der Waals surface area contributed by atoms with E-state index in [4.69, 9.17) is 16.3 Å². The maximum Gasteiger partial charge on any atom is 0.272 e. The van der Waals surface area contributed by atoms with Crippen LogP contribution < -0.4 is 15.3 Å². The first kappa shape index (κ1) is 11.9. The van der Waals surface area contributed by atoms with Gasteiger partial charge in [-0.15, -0.1) is 0 Å². The first-order chi connectivity index (χ1) is 7.00. The third-order valence-electron chi connectivity index (χ3n) is 1.64. The quantitative estimate of drug-likeness (QED) is 0.790. The van der Waals surface area contributed by atoms with Crippen LogP contribution in [0.1, 0.15) is 6.92 Å². The van der Waals surface area contributed by atoms with E-state index in [0.29, 0.717) is 15.6 Å². The Balaban J connectivity index is 2.94. The highest BCUT2D eigenvalue weighted by atomic mass is 35.5. The van der Waals surface area contributed by atoms with Gasteiger partial charge in [0.15, 0.2) is 0 Å². The molecule has 0 unspecified atom stereocenters. The van der Waals surface area contributed by atoms with E-state index >= 15 is 0 Å². The van der Waals surface area contributed by atoms with E-state index < -0.39 is 13.0 Å². The average Bonchev–Trinajstić information content (AvgIpc) is 2.14. The summed E-state index contributed by atoms with van der Waals surface area (Å²) in [6.45, 7) is 4.72. The maximum absolute atomic E-state index is 11.8. The summed E-state index contributed by atoms with van der Waals surface area (Å²) in [6, 6.07) is 1.52. The fourth-order valence-corrected chi connectivity index (χ4v) is 1.21. The predicted molar refractivity (Wildman–Crippen MR) is 55.4 cm³/mol. The van der Waals surface area contributed by atoms with Gasteiger partial charge in [-0.2, -0.15) is 0 Å². The first-order valence-corrected chi connectivity index (χ1v) is 4.61. The summed E-state index contributed by atoms with van der Waals surface area (Å²) in [7, 11) is 0. The van der Waals surface area contributed by atoms with Crippen molar-refractivity contribution in [3.05, 3.63) is 22.8 Å². The summed E-state index contributed by atoms with van der Waals surface area (Å²) in [5.74, 6) is 0.266. The number of ether oxygens (including phenoxy) is 1. The standard InChI is InChI=1S/C10H10ClF2NO/c1-6-3-8(15-5-9(12)13)4-14-10(6)7(2)11/h3-4,9H,1,5H2,2H3. The second-order valence-electron chi connectivity index (χ2n) is 2.91. The van der Waals surface area contributed by atoms with E-state index in [-0.39, 0.29) is 5.75 Å². The van der Waals surface area contributed by atoms with Crippen LogP contribution in [0, 0.1) is 0 Å². The lowest BCUT2D eigenvalue weighted by atomic mass is 10.3. The minimum Gasteiger partial charge on any atom is -0.486 e. The Morgan fingerprint density at radius 3 is 2.80 bits per heavy atom. The molecule has 0 bridgehead atoms. The van der Waals surface area contributed by atoms with Crippen molar-refractivity contribution in [3.63, 3.8) is 0 Å². The van der Waals surface area contributed by atoms with Crippen LogP contribution in [0.3, 0.4) is 0 Å². The van der Waals surface area contributed by atoms with E-state index in [1.807, 2.05) is 0 Å². The minimum atomic E-state index is -2.50. The van der Waals surface area contributed by atoms with Gasteiger partial charge in [0, 0.05) is 5.03 Å². The Bertz CT molecular complexity index is 443. The maximum atomic E-state index is 11.8. The molecule has 0 aromatic carbocycles. The van der Waals surface area contributed by atoms with Crippen molar-refractivity contribution in [2.45, 2.75) is 13.3 Å². The van der Waals surface area contributed by atoms with Gasteiger partial charge in [-0.1, -0.05) is 18.2 Å². The van der Waals surface area contributed by atoms with Crippen molar-refractivity contribution in [2.24, 2.45) is 0 Å². The lowest BCUT2D eigenvalue weighted by molar-refractivity contribution is 0.0816. The molecule has 15 heavy (non-hydrogen) atoms. The van der Waals surface area contributed by atoms with Gasteiger partial charge in [0.2, 0.25) is 0 Å². The van der Waals surface area contributed by atoms with Crippen LogP contribution in [0.25, 0.3) is 11.6 Å². The molecule has 0 aliphatic carbocycles. The summed E-state index contributed by atoms with van der Waals surface area (Å²) in [6.07, 6.45) is -1.16. The number of alkyl halides is 2. The Hall–Kier alpha value is -1.16. The Kier molecular flexibility index (Phi) is 4.03. The zero-order chi connectivity index (χ0) is 11.4. The first-order valence-electron chi connectivity index (χ1n) is 4.23. The van der Waals surface area contributed by atoms with Crippen molar-refractivity contribution in [2.75, 3.05) is 6.61 Å². The number of nitrogens with zero attached hydrogens (tertiary/aromatic N) is 1. The van der Waals surface area contributed by atoms with Gasteiger partial charge in [-0.25, -0.2) is 8.78 Å². The molecule has 1 aromatic heterocycles. The molecule has 0 spiro atoms. The van der Waals surface area contributed by atoms with Gasteiger partial charge < -0.3 is 4.74 Å². The molecule has 1 heterocycles. The summed E-state index contributed by atoms with van der Waals surface area (Å²) in [5.41, 5.74) is 0. The van der Waals surface area contributed by atoms with E-state index in [1.54, 1.807) is 6.92 Å². The number of halogens is 3. The molecular formula is C10H10ClF2NO. The van der Waals surface area contributed by atoms with Crippen LogP contribution >= 0.6 is 11.6 Å². The molecule has 0 atom stereocenters. The molecule has 0 fully saturated rings. The number of aromatic nitrogens is 1. The Morgan fingerprint density at radius 2 is 2.33 bits per heavy atom. The third-order valence-corrected chi connectivity index (χ3v) is 1.82. The van der Waals surface area contributed by atoms with Gasteiger partial charge >= 0.3 is 0 Å². The highest BCUT2D eigenvalue weighted by molar-refractivity contribution is 6.44. The molecule has 0 aliphatic rings. The lowest BCUT2D eigenvalue weighted by Crippen LogP contribution is -2.27. The van der Waals surface area contributed by atoms with Gasteiger partial charge in [-0.3, -0.25) is 4.98 Å². The monoisotopic (exact) mass is 233 g/mol. The van der Waals surface area contributed by atoms with Gasteiger partial charge in [0.25, 0.3) is 6.43 Å². The zero-order valence-corrected chi connectivity index (χ0v) is 8.89. The van der Waals surface area contributed by atoms with Crippen LogP contribution in [0.4, 0.5) is 8.78 Å². The minimum absolute atomic E-state index is 0.266. The van der Waals surface area contributed by atoms with E-state index in [1.165, 1.54) is 12.3 Å². The molecule has 0 amide bonds. The predicted octanol–water partition coefficient (Wildman–Crippen LogP) is 1.50. The van der Waals surface area contributed by atoms with Crippen LogP contribution in [-0.4, -0.2) is 18.0 Å². The normalized spacial score (nSPS) is 12.9. The Labute approximate surface area is 90.8 Å². The highest BCUT2D eigenvalue weighted by Gasteiger charge is 2.03. The summed E-state index contributed by atoms with van der Waals surface area (Å²) >= 11 is 5.74. The fraction of sp³-hybridized carbons (Fsp3) is 0.300. The largest absolute Gasteiger partial charge is 0.486 e. The van der Waals surface area contributed by atoms with Crippen molar-refractivity contribution >= 4 is 23.2 Å². The molecule has 2 nitrogen and oxygen atoms in total. The molecule has 0 N–H and O–H groups in total. The molecule has 0 radical (unpaired) electrons. The molecule has 5 heteroatoms. The molecule has 1 aromatic rings. The van der Waals surface area contributed by atoms with Gasteiger partial charge in [0.1, 0.15) is 12.4 Å². The van der Waals surface area contributed by atoms with Crippen LogP contribution in [-0.2, 0) is 0 Å². The summed E-state index contributed by atoms with van der Waals surface area (Å²) in [4.78, 5) is 3.95. The molecule has 82 valence electrons. The second-order valence-corrected chi connectivity index (χ2v) is 3.48. The van der Waals surface area contributed by atoms with Crippen LogP contribution in [0.15, 0.2) is 12.3 Å². The smallest absolute Gasteiger partial charge is 0.272 e. The molecule has 0 saturated carbocycles. The number of pyridine rings is 1. The number of hydrogen-bond acceptors (Lipinski definition) is 2. The van der Waals surface area contributed by atoms with Crippen molar-refractivity contribution in [1.29, 1.82) is 0 Å². The summed E-state index contributed by atoms with van der Waals surface area (Å²) in [5, 5.41) is 1.59. The fourth-order valence-electron chi connectivity index (χ4n) is 1.04. The lowest BCUT2D eigenvalue weighted by Gasteiger charge is -2.04. The molecular weight excluding hydrogens is 224 g/mol. The van der Waals surface area contributed by atoms with Crippen molar-refractivity contribution in [1.82, 2.24) is 4.98 Å². The summed E-state index contributed by atoms with van der Waals surface area (Å²) < 4.78 is 28.5. The van der Waals surface area contributed by atoms with Gasteiger partial charge in [0.05, 0.1) is 11.5 Å². The van der Waals surface area contributed by atoms with Crippen LogP contribution in [0.5, 0.6) is 5.75 Å². The molecule has 0 aliphatic heterocycles. The zero-order valence-electron chi connectivity index (χ0n) is 8.14. The van der Waals surface area contributed by atoms with E-state index in [9.17, 15) is 8.78 Å².